The van der Waals surface area contributed by atoms with Crippen LogP contribution < -0.4 is 0 Å². The van der Waals surface area contributed by atoms with Crippen LogP contribution in [-0.2, 0) is 11.8 Å². The Hall–Kier alpha value is -2.00. The van der Waals surface area contributed by atoms with Gasteiger partial charge >= 0.3 is 5.97 Å². The summed E-state index contributed by atoms with van der Waals surface area (Å²) in [5.41, 5.74) is 5.25. The maximum absolute atomic E-state index is 11.1. The first-order valence-electron chi connectivity index (χ1n) is 8.63. The molecule has 3 rings (SSSR count). The summed E-state index contributed by atoms with van der Waals surface area (Å²) in [5, 5.41) is 9.10. The molecule has 2 aromatic carbocycles. The molecule has 1 aliphatic rings. The van der Waals surface area contributed by atoms with Crippen LogP contribution in [0.1, 0.15) is 52.9 Å². The Kier molecular flexibility index (Phi) is 5.05. The summed E-state index contributed by atoms with van der Waals surface area (Å²) in [5.74, 6) is 0.327. The van der Waals surface area contributed by atoms with E-state index < -0.39 is 5.97 Å². The van der Waals surface area contributed by atoms with Gasteiger partial charge in [0.15, 0.2) is 0 Å². The molecule has 0 amide bonds. The van der Waals surface area contributed by atoms with Crippen molar-refractivity contribution in [2.24, 2.45) is 0 Å². The number of carbonyl (C=O) groups is 1. The van der Waals surface area contributed by atoms with Crippen molar-refractivity contribution in [3.05, 3.63) is 70.3 Å². The summed E-state index contributed by atoms with van der Waals surface area (Å²) in [4.78, 5) is 12.5. The van der Waals surface area contributed by atoms with Crippen LogP contribution in [-0.4, -0.2) is 16.8 Å². The molecule has 0 saturated carbocycles. The van der Waals surface area contributed by atoms with E-state index in [9.17, 15) is 4.79 Å². The van der Waals surface area contributed by atoms with Crippen molar-refractivity contribution in [1.29, 1.82) is 0 Å². The minimum atomic E-state index is -0.873. The zero-order chi connectivity index (χ0) is 18.0. The van der Waals surface area contributed by atoms with Crippen molar-refractivity contribution in [1.82, 2.24) is 0 Å². The lowest BCUT2D eigenvalue weighted by Gasteiger charge is -2.32. The lowest BCUT2D eigenvalue weighted by molar-refractivity contribution is 0.0696. The lowest BCUT2D eigenvalue weighted by Crippen LogP contribution is -2.22. The average molecular weight is 352 g/mol. The Balaban J connectivity index is 1.75. The van der Waals surface area contributed by atoms with E-state index in [0.29, 0.717) is 5.56 Å². The number of carboxylic acid groups (broad SMARTS) is 1. The van der Waals surface area contributed by atoms with Crippen LogP contribution in [0.5, 0.6) is 0 Å². The zero-order valence-corrected chi connectivity index (χ0v) is 15.8. The largest absolute Gasteiger partial charge is 0.478 e. The molecule has 0 atom stereocenters. The van der Waals surface area contributed by atoms with Crippen LogP contribution >= 0.6 is 11.8 Å². The average Bonchev–Trinajstić information content (AvgIpc) is 2.55. The second-order valence-corrected chi connectivity index (χ2v) is 8.44. The normalized spacial score (nSPS) is 16.0. The number of benzene rings is 2. The number of carboxylic acids is 1. The van der Waals surface area contributed by atoms with Crippen molar-refractivity contribution in [2.75, 3.05) is 5.75 Å². The van der Waals surface area contributed by atoms with Crippen LogP contribution in [0.15, 0.2) is 47.4 Å². The van der Waals surface area contributed by atoms with E-state index in [1.165, 1.54) is 28.2 Å². The molecule has 0 spiro atoms. The molecular weight excluding hydrogens is 328 g/mol. The zero-order valence-electron chi connectivity index (χ0n) is 15.0. The summed E-state index contributed by atoms with van der Waals surface area (Å²) in [6.45, 7) is 6.50. The van der Waals surface area contributed by atoms with E-state index in [2.05, 4.69) is 44.2 Å². The molecule has 0 bridgehead atoms. The summed E-state index contributed by atoms with van der Waals surface area (Å²) < 4.78 is 0. The third-order valence-electron chi connectivity index (χ3n) is 4.90. The van der Waals surface area contributed by atoms with Gasteiger partial charge in [-0.3, -0.25) is 0 Å². The maximum atomic E-state index is 11.1. The fourth-order valence-electron chi connectivity index (χ4n) is 3.27. The number of aryl methyl sites for hydroxylation is 1. The summed E-state index contributed by atoms with van der Waals surface area (Å²) >= 11 is 1.96. The van der Waals surface area contributed by atoms with E-state index in [4.69, 9.17) is 5.11 Å². The van der Waals surface area contributed by atoms with E-state index >= 15 is 0 Å². The SMILES string of the molecule is Cc1cc(/C=C/Cc2ccc3c(c2)C(C)(C)CCS3)ccc1C(=O)O. The molecule has 2 aromatic rings. The van der Waals surface area contributed by atoms with Gasteiger partial charge in [-0.15, -0.1) is 11.8 Å². The van der Waals surface area contributed by atoms with E-state index in [1.54, 1.807) is 6.07 Å². The predicted molar refractivity (Wildman–Crippen MR) is 106 cm³/mol. The maximum Gasteiger partial charge on any atom is 0.335 e. The number of hydrogen-bond acceptors (Lipinski definition) is 2. The van der Waals surface area contributed by atoms with Gasteiger partial charge in [0.2, 0.25) is 0 Å². The minimum Gasteiger partial charge on any atom is -0.478 e. The topological polar surface area (TPSA) is 37.3 Å². The third kappa shape index (κ3) is 3.98. The summed E-state index contributed by atoms with van der Waals surface area (Å²) in [6.07, 6.45) is 6.32. The highest BCUT2D eigenvalue weighted by Crippen LogP contribution is 2.41. The standard InChI is InChI=1S/C22H24O2S/c1-15-13-16(7-9-18(15)21(23)24)5-4-6-17-8-10-20-19(14-17)22(2,3)11-12-25-20/h4-5,7-10,13-14H,6,11-12H2,1-3H3,(H,23,24)/b5-4+. The number of fused-ring (bicyclic) bond motifs is 1. The molecule has 130 valence electrons. The molecule has 1 heterocycles. The first-order chi connectivity index (χ1) is 11.9. The molecule has 1 aliphatic heterocycles. The first kappa shape index (κ1) is 17.8. The van der Waals surface area contributed by atoms with Gasteiger partial charge in [-0.25, -0.2) is 4.79 Å². The van der Waals surface area contributed by atoms with Crippen molar-refractivity contribution in [3.8, 4) is 0 Å². The second kappa shape index (κ2) is 7.09. The molecule has 0 aliphatic carbocycles. The molecule has 0 saturated heterocycles. The van der Waals surface area contributed by atoms with Gasteiger partial charge in [0, 0.05) is 4.90 Å². The summed E-state index contributed by atoms with van der Waals surface area (Å²) in [6, 6.07) is 12.3. The van der Waals surface area contributed by atoms with Crippen LogP contribution in [0.3, 0.4) is 0 Å². The highest BCUT2D eigenvalue weighted by Gasteiger charge is 2.27. The number of thioether (sulfide) groups is 1. The quantitative estimate of drug-likeness (QED) is 0.764. The number of aromatic carboxylic acids is 1. The highest BCUT2D eigenvalue weighted by molar-refractivity contribution is 7.99. The van der Waals surface area contributed by atoms with Crippen LogP contribution in [0.2, 0.25) is 0 Å². The molecule has 0 unspecified atom stereocenters. The molecule has 3 heteroatoms. The van der Waals surface area contributed by atoms with E-state index in [0.717, 1.165) is 17.5 Å². The van der Waals surface area contributed by atoms with Gasteiger partial charge in [-0.2, -0.15) is 0 Å². The summed E-state index contributed by atoms with van der Waals surface area (Å²) in [7, 11) is 0. The fraction of sp³-hybridized carbons (Fsp3) is 0.318. The van der Waals surface area contributed by atoms with Crippen molar-refractivity contribution in [3.63, 3.8) is 0 Å². The Bertz CT molecular complexity index is 834. The van der Waals surface area contributed by atoms with Crippen molar-refractivity contribution < 1.29 is 9.90 Å². The van der Waals surface area contributed by atoms with E-state index in [1.807, 2.05) is 30.8 Å². The van der Waals surface area contributed by atoms with Gasteiger partial charge in [0.1, 0.15) is 0 Å². The molecule has 0 aromatic heterocycles. The molecule has 1 N–H and O–H groups in total. The molecule has 2 nitrogen and oxygen atoms in total. The van der Waals surface area contributed by atoms with Gasteiger partial charge in [-0.1, -0.05) is 50.3 Å². The van der Waals surface area contributed by atoms with Crippen LogP contribution in [0.25, 0.3) is 6.08 Å². The Morgan fingerprint density at radius 3 is 2.76 bits per heavy atom. The first-order valence-corrected chi connectivity index (χ1v) is 9.62. The van der Waals surface area contributed by atoms with Gasteiger partial charge < -0.3 is 5.11 Å². The minimum absolute atomic E-state index is 0.254. The number of rotatable bonds is 4. The van der Waals surface area contributed by atoms with E-state index in [-0.39, 0.29) is 5.41 Å². The number of allylic oxidation sites excluding steroid dienone is 1. The molecule has 0 radical (unpaired) electrons. The monoisotopic (exact) mass is 352 g/mol. The van der Waals surface area contributed by atoms with Crippen LogP contribution in [0, 0.1) is 6.92 Å². The fourth-order valence-corrected chi connectivity index (χ4v) is 4.76. The highest BCUT2D eigenvalue weighted by atomic mass is 32.2. The molecule has 0 fully saturated rings. The van der Waals surface area contributed by atoms with Crippen LogP contribution in [0.4, 0.5) is 0 Å². The predicted octanol–water partition coefficient (Wildman–Crippen LogP) is 5.72. The third-order valence-corrected chi connectivity index (χ3v) is 5.98. The van der Waals surface area contributed by atoms with Gasteiger partial charge in [0.05, 0.1) is 5.56 Å². The smallest absolute Gasteiger partial charge is 0.335 e. The van der Waals surface area contributed by atoms with Crippen molar-refractivity contribution in [2.45, 2.75) is 43.9 Å². The molecule has 25 heavy (non-hydrogen) atoms. The lowest BCUT2D eigenvalue weighted by atomic mass is 9.81. The second-order valence-electron chi connectivity index (χ2n) is 7.30. The molecular formula is C22H24O2S. The Morgan fingerprint density at radius 1 is 1.24 bits per heavy atom. The Morgan fingerprint density at radius 2 is 2.04 bits per heavy atom. The van der Waals surface area contributed by atoms with Gasteiger partial charge in [0.25, 0.3) is 0 Å². The number of hydrogen-bond donors (Lipinski definition) is 1. The van der Waals surface area contributed by atoms with Gasteiger partial charge in [-0.05, 0) is 65.3 Å². The Labute approximate surface area is 154 Å². The van der Waals surface area contributed by atoms with Crippen molar-refractivity contribution >= 4 is 23.8 Å².